The normalized spacial score (nSPS) is 14.0. The number of carbonyl (C=O) groups excluding carboxylic acids is 4. The van der Waals surface area contributed by atoms with Crippen LogP contribution in [0, 0.1) is 0 Å². The molecule has 0 radical (unpaired) electrons. The van der Waals surface area contributed by atoms with Gasteiger partial charge < -0.3 is 10.1 Å². The molecule has 0 spiro atoms. The van der Waals surface area contributed by atoms with Crippen molar-refractivity contribution in [2.24, 2.45) is 0 Å². The lowest BCUT2D eigenvalue weighted by Gasteiger charge is -2.22. The largest absolute Gasteiger partial charge is 0.455 e. The minimum absolute atomic E-state index is 0.0390. The average molecular weight is 424 g/mol. The molecule has 0 bridgehead atoms. The van der Waals surface area contributed by atoms with Crippen LogP contribution in [0.4, 0.5) is 0 Å². The quantitative estimate of drug-likeness (QED) is 0.438. The molecule has 0 atom stereocenters. The molecular formula is C20H26ClN3O5. The average Bonchev–Trinajstić information content (AvgIpc) is 2.71. The second kappa shape index (κ2) is 12.1. The van der Waals surface area contributed by atoms with Gasteiger partial charge in [0.15, 0.2) is 6.61 Å². The molecule has 1 aromatic rings. The Morgan fingerprint density at radius 1 is 0.966 bits per heavy atom. The van der Waals surface area contributed by atoms with Crippen LogP contribution in [-0.4, -0.2) is 36.3 Å². The van der Waals surface area contributed by atoms with Crippen LogP contribution in [-0.2, 0) is 19.1 Å². The van der Waals surface area contributed by atoms with E-state index in [4.69, 9.17) is 16.3 Å². The van der Waals surface area contributed by atoms with Gasteiger partial charge in [-0.15, -0.1) is 0 Å². The zero-order valence-corrected chi connectivity index (χ0v) is 16.9. The molecule has 0 aromatic heterocycles. The number of halogens is 1. The van der Waals surface area contributed by atoms with Crippen molar-refractivity contribution in [3.05, 3.63) is 34.9 Å². The van der Waals surface area contributed by atoms with Crippen LogP contribution in [0.25, 0.3) is 0 Å². The zero-order chi connectivity index (χ0) is 21.1. The van der Waals surface area contributed by atoms with E-state index in [0.29, 0.717) is 6.42 Å². The van der Waals surface area contributed by atoms with Crippen LogP contribution in [0.3, 0.4) is 0 Å². The first-order valence-electron chi connectivity index (χ1n) is 9.74. The summed E-state index contributed by atoms with van der Waals surface area (Å²) >= 11 is 5.89. The first-order chi connectivity index (χ1) is 14.0. The van der Waals surface area contributed by atoms with Crippen molar-refractivity contribution >= 4 is 35.3 Å². The Morgan fingerprint density at radius 2 is 1.69 bits per heavy atom. The van der Waals surface area contributed by atoms with Crippen molar-refractivity contribution in [1.82, 2.24) is 16.2 Å². The van der Waals surface area contributed by atoms with E-state index in [1.165, 1.54) is 12.5 Å². The molecule has 1 aromatic carbocycles. The summed E-state index contributed by atoms with van der Waals surface area (Å²) in [5.41, 5.74) is 4.54. The highest BCUT2D eigenvalue weighted by atomic mass is 35.5. The summed E-state index contributed by atoms with van der Waals surface area (Å²) < 4.78 is 4.84. The molecule has 0 aliphatic heterocycles. The monoisotopic (exact) mass is 423 g/mol. The van der Waals surface area contributed by atoms with Gasteiger partial charge in [-0.1, -0.05) is 43.0 Å². The zero-order valence-electron chi connectivity index (χ0n) is 16.2. The molecule has 2 rings (SSSR count). The van der Waals surface area contributed by atoms with Gasteiger partial charge in [-0.2, -0.15) is 0 Å². The number of nitrogens with one attached hydrogen (secondary N) is 3. The van der Waals surface area contributed by atoms with Gasteiger partial charge in [0.05, 0.1) is 10.6 Å². The molecule has 0 heterocycles. The lowest BCUT2D eigenvalue weighted by molar-refractivity contribution is -0.148. The van der Waals surface area contributed by atoms with Gasteiger partial charge in [0.2, 0.25) is 5.91 Å². The number of rotatable bonds is 8. The SMILES string of the molecule is O=C(COC(=O)CCCC(=O)NC1CCCCC1)NNC(=O)c1ccccc1Cl. The minimum atomic E-state index is -0.686. The second-order valence-corrected chi connectivity index (χ2v) is 7.31. The molecule has 9 heteroatoms. The van der Waals surface area contributed by atoms with Gasteiger partial charge in [0.1, 0.15) is 0 Å². The van der Waals surface area contributed by atoms with Gasteiger partial charge in [0, 0.05) is 18.9 Å². The highest BCUT2D eigenvalue weighted by molar-refractivity contribution is 6.33. The van der Waals surface area contributed by atoms with E-state index in [1.807, 2.05) is 0 Å². The molecular weight excluding hydrogens is 398 g/mol. The van der Waals surface area contributed by atoms with Crippen LogP contribution in [0.1, 0.15) is 61.7 Å². The van der Waals surface area contributed by atoms with E-state index in [-0.39, 0.29) is 35.4 Å². The van der Waals surface area contributed by atoms with Gasteiger partial charge >= 0.3 is 5.97 Å². The topological polar surface area (TPSA) is 114 Å². The Bertz CT molecular complexity index is 735. The number of hydrazine groups is 1. The van der Waals surface area contributed by atoms with Crippen molar-refractivity contribution in [2.75, 3.05) is 6.61 Å². The Labute approximate surface area is 174 Å². The first-order valence-corrected chi connectivity index (χ1v) is 10.1. The smallest absolute Gasteiger partial charge is 0.306 e. The highest BCUT2D eigenvalue weighted by Crippen LogP contribution is 2.17. The van der Waals surface area contributed by atoms with E-state index in [9.17, 15) is 19.2 Å². The highest BCUT2D eigenvalue weighted by Gasteiger charge is 2.16. The van der Waals surface area contributed by atoms with Crippen molar-refractivity contribution in [1.29, 1.82) is 0 Å². The fraction of sp³-hybridized carbons (Fsp3) is 0.500. The molecule has 0 saturated heterocycles. The van der Waals surface area contributed by atoms with Gasteiger partial charge in [0.25, 0.3) is 11.8 Å². The second-order valence-electron chi connectivity index (χ2n) is 6.90. The standard InChI is InChI=1S/C20H26ClN3O5/c21-16-10-5-4-9-15(16)20(28)24-23-18(26)13-29-19(27)12-6-11-17(25)22-14-7-2-1-3-8-14/h4-5,9-10,14H,1-3,6-8,11-13H2,(H,22,25)(H,23,26)(H,24,28). The van der Waals surface area contributed by atoms with Crippen LogP contribution < -0.4 is 16.2 Å². The van der Waals surface area contributed by atoms with Gasteiger partial charge in [-0.3, -0.25) is 30.0 Å². The Hall–Kier alpha value is -2.61. The lowest BCUT2D eigenvalue weighted by Crippen LogP contribution is -2.43. The Balaban J connectivity index is 1.56. The van der Waals surface area contributed by atoms with Crippen molar-refractivity contribution in [3.8, 4) is 0 Å². The number of amides is 3. The van der Waals surface area contributed by atoms with E-state index in [0.717, 1.165) is 25.7 Å². The number of hydrogen-bond acceptors (Lipinski definition) is 5. The number of benzene rings is 1. The number of esters is 1. The number of hydrogen-bond donors (Lipinski definition) is 3. The van der Waals surface area contributed by atoms with E-state index in [2.05, 4.69) is 16.2 Å². The molecule has 3 amide bonds. The summed E-state index contributed by atoms with van der Waals surface area (Å²) in [5, 5.41) is 3.23. The van der Waals surface area contributed by atoms with Crippen LogP contribution in [0.15, 0.2) is 24.3 Å². The van der Waals surface area contributed by atoms with Crippen LogP contribution >= 0.6 is 11.6 Å². The molecule has 1 fully saturated rings. The Morgan fingerprint density at radius 3 is 2.41 bits per heavy atom. The van der Waals surface area contributed by atoms with E-state index in [1.54, 1.807) is 18.2 Å². The molecule has 158 valence electrons. The fourth-order valence-corrected chi connectivity index (χ4v) is 3.26. The molecule has 1 aliphatic rings. The maximum absolute atomic E-state index is 11.9. The molecule has 1 aliphatic carbocycles. The summed E-state index contributed by atoms with van der Waals surface area (Å²) in [6.45, 7) is -0.532. The number of carbonyl (C=O) groups is 4. The summed E-state index contributed by atoms with van der Waals surface area (Å²) in [6, 6.07) is 6.62. The molecule has 8 nitrogen and oxygen atoms in total. The third-order valence-electron chi connectivity index (χ3n) is 4.55. The lowest BCUT2D eigenvalue weighted by atomic mass is 9.95. The van der Waals surface area contributed by atoms with E-state index < -0.39 is 24.4 Å². The number of ether oxygens (including phenoxy) is 1. The third kappa shape index (κ3) is 8.51. The first kappa shape index (κ1) is 22.7. The molecule has 0 unspecified atom stereocenters. The predicted molar refractivity (Wildman–Crippen MR) is 107 cm³/mol. The third-order valence-corrected chi connectivity index (χ3v) is 4.88. The maximum atomic E-state index is 11.9. The fourth-order valence-electron chi connectivity index (χ4n) is 3.03. The molecule has 29 heavy (non-hydrogen) atoms. The summed E-state index contributed by atoms with van der Waals surface area (Å²) in [7, 11) is 0. The predicted octanol–water partition coefficient (Wildman–Crippen LogP) is 2.26. The maximum Gasteiger partial charge on any atom is 0.306 e. The summed E-state index contributed by atoms with van der Waals surface area (Å²) in [6.07, 6.45) is 6.14. The van der Waals surface area contributed by atoms with Gasteiger partial charge in [-0.05, 0) is 31.4 Å². The van der Waals surface area contributed by atoms with Crippen molar-refractivity contribution < 1.29 is 23.9 Å². The van der Waals surface area contributed by atoms with Crippen LogP contribution in [0.5, 0.6) is 0 Å². The Kier molecular flexibility index (Phi) is 9.43. The van der Waals surface area contributed by atoms with Gasteiger partial charge in [-0.25, -0.2) is 0 Å². The molecule has 1 saturated carbocycles. The van der Waals surface area contributed by atoms with Crippen molar-refractivity contribution in [3.63, 3.8) is 0 Å². The summed E-state index contributed by atoms with van der Waals surface area (Å²) in [5.74, 6) is -1.92. The summed E-state index contributed by atoms with van der Waals surface area (Å²) in [4.78, 5) is 47.1. The van der Waals surface area contributed by atoms with Crippen molar-refractivity contribution in [2.45, 2.75) is 57.4 Å². The van der Waals surface area contributed by atoms with Crippen LogP contribution in [0.2, 0.25) is 5.02 Å². The van der Waals surface area contributed by atoms with E-state index >= 15 is 0 Å². The minimum Gasteiger partial charge on any atom is -0.455 e. The molecule has 3 N–H and O–H groups in total.